The maximum absolute atomic E-state index is 2.32. The van der Waals surface area contributed by atoms with E-state index in [9.17, 15) is 0 Å². The summed E-state index contributed by atoms with van der Waals surface area (Å²) < 4.78 is 0. The average Bonchev–Trinajstić information content (AvgIpc) is 2.50. The van der Waals surface area contributed by atoms with Crippen LogP contribution in [-0.2, 0) is 0 Å². The van der Waals surface area contributed by atoms with E-state index >= 15 is 0 Å². The molecule has 0 aromatic heterocycles. The van der Waals surface area contributed by atoms with Crippen molar-refractivity contribution in [2.45, 2.75) is 65.2 Å². The Kier molecular flexibility index (Phi) is 4.72. The Morgan fingerprint density at radius 1 is 0.917 bits per heavy atom. The zero-order chi connectivity index (χ0) is 8.81. The molecule has 2 unspecified atom stereocenters. The maximum Gasteiger partial charge on any atom is -0.0412 e. The molecule has 0 nitrogen and oxygen atoms in total. The lowest BCUT2D eigenvalue weighted by Crippen LogP contribution is -1.96. The van der Waals surface area contributed by atoms with E-state index in [1.54, 1.807) is 6.42 Å². The molecule has 0 radical (unpaired) electrons. The van der Waals surface area contributed by atoms with Gasteiger partial charge in [0.1, 0.15) is 0 Å². The second-order valence-electron chi connectivity index (χ2n) is 4.48. The Labute approximate surface area is 77.7 Å². The van der Waals surface area contributed by atoms with Crippen LogP contribution in [0.3, 0.4) is 0 Å². The van der Waals surface area contributed by atoms with E-state index in [-0.39, 0.29) is 0 Å². The largest absolute Gasteiger partial charge is 0.0654 e. The fourth-order valence-electron chi connectivity index (χ4n) is 2.60. The van der Waals surface area contributed by atoms with Gasteiger partial charge in [-0.05, 0) is 18.3 Å². The second kappa shape index (κ2) is 5.61. The van der Waals surface area contributed by atoms with Gasteiger partial charge < -0.3 is 0 Å². The molecular weight excluding hydrogens is 144 g/mol. The standard InChI is InChI=1S/C12H24/c1-3-5-7-12-9-8-11(10-12)6-4-2/h11-12H,3-10H2,1-2H3. The lowest BCUT2D eigenvalue weighted by molar-refractivity contribution is 0.433. The van der Waals surface area contributed by atoms with E-state index in [2.05, 4.69) is 13.8 Å². The quantitative estimate of drug-likeness (QED) is 0.571. The lowest BCUT2D eigenvalue weighted by atomic mass is 9.97. The first-order valence-corrected chi connectivity index (χ1v) is 5.86. The minimum Gasteiger partial charge on any atom is -0.0654 e. The van der Waals surface area contributed by atoms with Crippen molar-refractivity contribution >= 4 is 0 Å². The molecule has 12 heavy (non-hydrogen) atoms. The molecular formula is C12H24. The number of rotatable bonds is 5. The molecule has 0 heterocycles. The molecule has 2 atom stereocenters. The first kappa shape index (κ1) is 10.1. The molecule has 0 aromatic carbocycles. The summed E-state index contributed by atoms with van der Waals surface area (Å²) in [5, 5.41) is 0. The molecule has 1 aliphatic rings. The van der Waals surface area contributed by atoms with Gasteiger partial charge in [0.25, 0.3) is 0 Å². The van der Waals surface area contributed by atoms with Gasteiger partial charge in [-0.2, -0.15) is 0 Å². The summed E-state index contributed by atoms with van der Waals surface area (Å²) in [5.41, 5.74) is 0. The molecule has 0 spiro atoms. The van der Waals surface area contributed by atoms with Crippen LogP contribution in [0.4, 0.5) is 0 Å². The molecule has 1 saturated carbocycles. The highest BCUT2D eigenvalue weighted by atomic mass is 14.3. The molecule has 1 rings (SSSR count). The molecule has 1 aliphatic carbocycles. The van der Waals surface area contributed by atoms with E-state index < -0.39 is 0 Å². The van der Waals surface area contributed by atoms with Crippen molar-refractivity contribution in [2.75, 3.05) is 0 Å². The zero-order valence-electron chi connectivity index (χ0n) is 8.81. The Morgan fingerprint density at radius 3 is 2.17 bits per heavy atom. The van der Waals surface area contributed by atoms with E-state index in [4.69, 9.17) is 0 Å². The minimum absolute atomic E-state index is 1.09. The van der Waals surface area contributed by atoms with Crippen LogP contribution in [0, 0.1) is 11.8 Å². The molecule has 72 valence electrons. The molecule has 0 bridgehead atoms. The highest BCUT2D eigenvalue weighted by Gasteiger charge is 2.22. The first-order chi connectivity index (χ1) is 5.86. The van der Waals surface area contributed by atoms with Crippen LogP contribution in [0.25, 0.3) is 0 Å². The van der Waals surface area contributed by atoms with Crippen LogP contribution >= 0.6 is 0 Å². The van der Waals surface area contributed by atoms with Crippen LogP contribution in [0.15, 0.2) is 0 Å². The van der Waals surface area contributed by atoms with E-state index in [0.29, 0.717) is 0 Å². The third-order valence-corrected chi connectivity index (χ3v) is 3.31. The van der Waals surface area contributed by atoms with Crippen LogP contribution < -0.4 is 0 Å². The SMILES string of the molecule is CCCCC1CCC(CCC)C1. The molecule has 0 amide bonds. The monoisotopic (exact) mass is 168 g/mol. The molecule has 0 N–H and O–H groups in total. The average molecular weight is 168 g/mol. The number of hydrogen-bond acceptors (Lipinski definition) is 0. The van der Waals surface area contributed by atoms with Gasteiger partial charge >= 0.3 is 0 Å². The Bertz CT molecular complexity index is 107. The predicted octanol–water partition coefficient (Wildman–Crippen LogP) is 4.39. The highest BCUT2D eigenvalue weighted by molar-refractivity contribution is 4.75. The van der Waals surface area contributed by atoms with E-state index in [1.807, 2.05) is 0 Å². The van der Waals surface area contributed by atoms with Crippen LogP contribution in [0.5, 0.6) is 0 Å². The summed E-state index contributed by atoms with van der Waals surface area (Å²) in [7, 11) is 0. The zero-order valence-corrected chi connectivity index (χ0v) is 8.81. The lowest BCUT2D eigenvalue weighted by Gasteiger charge is -2.09. The van der Waals surface area contributed by atoms with Gasteiger partial charge in [-0.25, -0.2) is 0 Å². The molecule has 0 heteroatoms. The fraction of sp³-hybridized carbons (Fsp3) is 1.00. The summed E-state index contributed by atoms with van der Waals surface area (Å²) >= 11 is 0. The van der Waals surface area contributed by atoms with Gasteiger partial charge in [-0.3, -0.25) is 0 Å². The normalized spacial score (nSPS) is 29.5. The Balaban J connectivity index is 2.08. The summed E-state index contributed by atoms with van der Waals surface area (Å²) in [5.74, 6) is 2.19. The minimum atomic E-state index is 1.09. The van der Waals surface area contributed by atoms with Gasteiger partial charge in [-0.15, -0.1) is 0 Å². The van der Waals surface area contributed by atoms with Gasteiger partial charge in [0.2, 0.25) is 0 Å². The molecule has 1 fully saturated rings. The molecule has 0 aliphatic heterocycles. The van der Waals surface area contributed by atoms with Crippen LogP contribution in [-0.4, -0.2) is 0 Å². The Hall–Kier alpha value is 0. The van der Waals surface area contributed by atoms with Gasteiger partial charge in [0.05, 0.1) is 0 Å². The van der Waals surface area contributed by atoms with Gasteiger partial charge in [0.15, 0.2) is 0 Å². The van der Waals surface area contributed by atoms with Crippen molar-refractivity contribution in [3.8, 4) is 0 Å². The van der Waals surface area contributed by atoms with Crippen LogP contribution in [0.1, 0.15) is 65.2 Å². The summed E-state index contributed by atoms with van der Waals surface area (Å²) in [6.45, 7) is 4.62. The van der Waals surface area contributed by atoms with Crippen LogP contribution in [0.2, 0.25) is 0 Å². The topological polar surface area (TPSA) is 0 Å². The number of hydrogen-bond donors (Lipinski definition) is 0. The second-order valence-corrected chi connectivity index (χ2v) is 4.48. The van der Waals surface area contributed by atoms with Crippen molar-refractivity contribution in [2.24, 2.45) is 11.8 Å². The molecule has 0 saturated heterocycles. The van der Waals surface area contributed by atoms with E-state index in [1.165, 1.54) is 44.9 Å². The number of unbranched alkanes of at least 4 members (excludes halogenated alkanes) is 1. The van der Waals surface area contributed by atoms with Crippen molar-refractivity contribution in [3.63, 3.8) is 0 Å². The summed E-state index contributed by atoms with van der Waals surface area (Å²) in [6, 6.07) is 0. The van der Waals surface area contributed by atoms with Gasteiger partial charge in [0, 0.05) is 0 Å². The van der Waals surface area contributed by atoms with Crippen molar-refractivity contribution in [1.29, 1.82) is 0 Å². The van der Waals surface area contributed by atoms with Crippen molar-refractivity contribution in [3.05, 3.63) is 0 Å². The third kappa shape index (κ3) is 3.16. The third-order valence-electron chi connectivity index (χ3n) is 3.31. The summed E-state index contributed by atoms with van der Waals surface area (Å²) in [4.78, 5) is 0. The van der Waals surface area contributed by atoms with E-state index in [0.717, 1.165) is 11.8 Å². The maximum atomic E-state index is 2.32. The van der Waals surface area contributed by atoms with Crippen molar-refractivity contribution < 1.29 is 0 Å². The summed E-state index contributed by atoms with van der Waals surface area (Å²) in [6.07, 6.45) is 11.9. The molecule has 0 aromatic rings. The Morgan fingerprint density at radius 2 is 1.58 bits per heavy atom. The van der Waals surface area contributed by atoms with Gasteiger partial charge in [-0.1, -0.05) is 58.8 Å². The first-order valence-electron chi connectivity index (χ1n) is 5.86. The predicted molar refractivity (Wildman–Crippen MR) is 55.3 cm³/mol. The van der Waals surface area contributed by atoms with Crippen molar-refractivity contribution in [1.82, 2.24) is 0 Å². The fourth-order valence-corrected chi connectivity index (χ4v) is 2.60. The smallest absolute Gasteiger partial charge is 0.0412 e. The highest BCUT2D eigenvalue weighted by Crippen LogP contribution is 2.36.